The minimum Gasteiger partial charge on any atom is -0.324 e. The van der Waals surface area contributed by atoms with Crippen molar-refractivity contribution in [2.45, 2.75) is 61.2 Å². The van der Waals surface area contributed by atoms with Gasteiger partial charge >= 0.3 is 18.5 Å². The normalized spacial score (nSPS) is 18.1. The number of halogens is 9. The van der Waals surface area contributed by atoms with Crippen molar-refractivity contribution < 1.29 is 52.7 Å². The maximum atomic E-state index is 13.4. The zero-order chi connectivity index (χ0) is 30.4. The van der Waals surface area contributed by atoms with Crippen LogP contribution in [0.5, 0.6) is 0 Å². The molecule has 0 bridgehead atoms. The van der Waals surface area contributed by atoms with E-state index in [4.69, 9.17) is 0 Å². The lowest BCUT2D eigenvalue weighted by molar-refractivity contribution is -0.142. The molecule has 2 aromatic carbocycles. The van der Waals surface area contributed by atoms with Gasteiger partial charge in [-0.25, -0.2) is 8.42 Å². The van der Waals surface area contributed by atoms with Crippen molar-refractivity contribution in [2.75, 3.05) is 25.0 Å². The summed E-state index contributed by atoms with van der Waals surface area (Å²) in [5.74, 6) is -0.913. The number of anilines is 1. The molecule has 4 rings (SSSR count). The van der Waals surface area contributed by atoms with Crippen LogP contribution < -0.4 is 5.32 Å². The second-order valence-corrected chi connectivity index (χ2v) is 11.7. The lowest BCUT2D eigenvalue weighted by Crippen LogP contribution is -2.49. The molecule has 2 aliphatic rings. The zero-order valence-corrected chi connectivity index (χ0v) is 21.9. The highest BCUT2D eigenvalue weighted by Crippen LogP contribution is 2.40. The summed E-state index contributed by atoms with van der Waals surface area (Å²) in [5, 5.41) is 2.00. The number of carbonyl (C=O) groups excluding carboxylic acids is 1. The lowest BCUT2D eigenvalue weighted by Gasteiger charge is -2.37. The number of sulfonamides is 1. The van der Waals surface area contributed by atoms with Crippen LogP contribution in [-0.2, 0) is 33.3 Å². The molecule has 1 aliphatic heterocycles. The zero-order valence-electron chi connectivity index (χ0n) is 21.1. The van der Waals surface area contributed by atoms with Crippen LogP contribution in [0, 0.1) is 0 Å². The first-order valence-electron chi connectivity index (χ1n) is 12.4. The Hall–Kier alpha value is -2.85. The molecule has 1 heterocycles. The fourth-order valence-electron chi connectivity index (χ4n) is 4.76. The third kappa shape index (κ3) is 7.33. The van der Waals surface area contributed by atoms with Gasteiger partial charge in [0.2, 0.25) is 15.9 Å². The molecule has 2 aromatic rings. The summed E-state index contributed by atoms with van der Waals surface area (Å²) in [6, 6.07) is 3.38. The van der Waals surface area contributed by atoms with Gasteiger partial charge in [0.1, 0.15) is 0 Å². The Kier molecular flexibility index (Phi) is 8.41. The van der Waals surface area contributed by atoms with E-state index in [1.54, 1.807) is 4.90 Å². The Morgan fingerprint density at radius 2 is 1.37 bits per heavy atom. The first-order valence-corrected chi connectivity index (χ1v) is 13.8. The fraction of sp³-hybridized carbons (Fsp3) is 0.480. The van der Waals surface area contributed by atoms with Crippen molar-refractivity contribution >= 4 is 21.6 Å². The van der Waals surface area contributed by atoms with Crippen LogP contribution in [0.25, 0.3) is 0 Å². The van der Waals surface area contributed by atoms with Gasteiger partial charge in [0, 0.05) is 25.2 Å². The number of hydrogen-bond donors (Lipinski definition) is 1. The second kappa shape index (κ2) is 11.1. The number of benzene rings is 2. The lowest BCUT2D eigenvalue weighted by atomic mass is 10.0. The van der Waals surface area contributed by atoms with Gasteiger partial charge in [-0.05, 0) is 62.1 Å². The molecule has 0 atom stereocenters. The van der Waals surface area contributed by atoms with Gasteiger partial charge in [-0.1, -0.05) is 6.07 Å². The van der Waals surface area contributed by atoms with Gasteiger partial charge in [-0.3, -0.25) is 9.69 Å². The number of likely N-dealkylation sites (tertiary alicyclic amines) is 1. The molecule has 0 unspecified atom stereocenters. The van der Waals surface area contributed by atoms with E-state index in [9.17, 15) is 52.7 Å². The number of rotatable bonds is 7. The number of nitrogens with one attached hydrogen (secondary N) is 1. The fourth-order valence-corrected chi connectivity index (χ4v) is 6.74. The third-order valence-corrected chi connectivity index (χ3v) is 8.86. The van der Waals surface area contributed by atoms with Gasteiger partial charge < -0.3 is 5.32 Å². The molecule has 226 valence electrons. The van der Waals surface area contributed by atoms with Gasteiger partial charge in [-0.15, -0.1) is 0 Å². The molecule has 0 aromatic heterocycles. The monoisotopic (exact) mass is 617 g/mol. The van der Waals surface area contributed by atoms with E-state index in [-0.39, 0.29) is 38.0 Å². The molecule has 1 saturated heterocycles. The smallest absolute Gasteiger partial charge is 0.324 e. The van der Waals surface area contributed by atoms with E-state index in [2.05, 4.69) is 0 Å². The third-order valence-electron chi connectivity index (χ3n) is 6.85. The molecule has 1 saturated carbocycles. The molecule has 41 heavy (non-hydrogen) atoms. The molecule has 16 heteroatoms. The number of hydrogen-bond acceptors (Lipinski definition) is 4. The van der Waals surface area contributed by atoms with Gasteiger partial charge in [0.15, 0.2) is 0 Å². The highest BCUT2D eigenvalue weighted by molar-refractivity contribution is 7.89. The maximum absolute atomic E-state index is 13.4. The van der Waals surface area contributed by atoms with Gasteiger partial charge in [0.05, 0.1) is 33.8 Å². The van der Waals surface area contributed by atoms with E-state index in [1.807, 2.05) is 5.32 Å². The second-order valence-electron chi connectivity index (χ2n) is 9.90. The van der Waals surface area contributed by atoms with Crippen LogP contribution in [-0.4, -0.2) is 55.2 Å². The summed E-state index contributed by atoms with van der Waals surface area (Å²) in [5.41, 5.74) is -5.11. The van der Waals surface area contributed by atoms with E-state index in [1.165, 1.54) is 4.31 Å². The average Bonchev–Trinajstić information content (AvgIpc) is 3.68. The Morgan fingerprint density at radius 3 is 1.90 bits per heavy atom. The minimum absolute atomic E-state index is 0.0849. The topological polar surface area (TPSA) is 69.7 Å². The maximum Gasteiger partial charge on any atom is 0.418 e. The minimum atomic E-state index is -5.17. The van der Waals surface area contributed by atoms with Gasteiger partial charge in [0.25, 0.3) is 0 Å². The largest absolute Gasteiger partial charge is 0.418 e. The van der Waals surface area contributed by atoms with E-state index < -0.39 is 74.3 Å². The number of nitrogens with zero attached hydrogens (tertiary/aromatic N) is 2. The first-order chi connectivity index (χ1) is 18.9. The van der Waals surface area contributed by atoms with Crippen LogP contribution in [0.4, 0.5) is 45.2 Å². The Balaban J connectivity index is 1.42. The summed E-state index contributed by atoms with van der Waals surface area (Å²) < 4.78 is 146. The SMILES string of the molecule is O=C(CN1CCC(N(C2CC2)S(=O)(=O)c2cccc(C(F)(F)F)c2)CC1)Nc1ccc(C(F)(F)F)cc1C(F)(F)F. The standard InChI is InChI=1S/C25H24F9N3O3S/c26-23(27,28)15-2-1-3-19(12-15)41(39,40)37(17-5-6-17)18-8-10-36(11-9-18)14-22(38)35-21-7-4-16(24(29,30)31)13-20(21)25(32,33)34/h1-4,7,12-13,17-18H,5-6,8-11,14H2,(H,35,38). The molecular formula is C25H24F9N3O3S. The number of carbonyl (C=O) groups is 1. The average molecular weight is 618 g/mol. The predicted octanol–water partition coefficient (Wildman–Crippen LogP) is 6.00. The summed E-state index contributed by atoms with van der Waals surface area (Å²) in [6.45, 7) is -0.105. The molecule has 6 nitrogen and oxygen atoms in total. The quantitative estimate of drug-likeness (QED) is 0.387. The predicted molar refractivity (Wildman–Crippen MR) is 128 cm³/mol. The summed E-state index contributed by atoms with van der Waals surface area (Å²) in [4.78, 5) is 13.6. The van der Waals surface area contributed by atoms with Crippen molar-refractivity contribution in [1.29, 1.82) is 0 Å². The van der Waals surface area contributed by atoms with Gasteiger partial charge in [-0.2, -0.15) is 43.8 Å². The Bertz CT molecular complexity index is 1380. The van der Waals surface area contributed by atoms with Crippen molar-refractivity contribution in [3.63, 3.8) is 0 Å². The number of piperidine rings is 1. The van der Waals surface area contributed by atoms with E-state index in [0.29, 0.717) is 31.0 Å². The number of amides is 1. The van der Waals surface area contributed by atoms with Crippen LogP contribution in [0.1, 0.15) is 42.4 Å². The van der Waals surface area contributed by atoms with Crippen molar-refractivity contribution in [3.8, 4) is 0 Å². The Morgan fingerprint density at radius 1 is 0.805 bits per heavy atom. The Labute approximate surface area is 229 Å². The highest BCUT2D eigenvalue weighted by atomic mass is 32.2. The molecule has 1 aliphatic carbocycles. The van der Waals surface area contributed by atoms with E-state index >= 15 is 0 Å². The summed E-state index contributed by atoms with van der Waals surface area (Å²) in [7, 11) is -4.29. The van der Waals surface area contributed by atoms with E-state index in [0.717, 1.165) is 18.2 Å². The molecular weight excluding hydrogens is 593 g/mol. The van der Waals surface area contributed by atoms with Crippen molar-refractivity contribution in [1.82, 2.24) is 9.21 Å². The summed E-state index contributed by atoms with van der Waals surface area (Å²) >= 11 is 0. The molecule has 2 fully saturated rings. The first kappa shape index (κ1) is 31.1. The molecule has 1 amide bonds. The van der Waals surface area contributed by atoms with Crippen molar-refractivity contribution in [3.05, 3.63) is 59.2 Å². The van der Waals surface area contributed by atoms with Crippen LogP contribution in [0.2, 0.25) is 0 Å². The number of alkyl halides is 9. The summed E-state index contributed by atoms with van der Waals surface area (Å²) in [6.07, 6.45) is -13.4. The van der Waals surface area contributed by atoms with Crippen LogP contribution in [0.15, 0.2) is 47.4 Å². The molecule has 0 spiro atoms. The molecule has 1 N–H and O–H groups in total. The van der Waals surface area contributed by atoms with Crippen LogP contribution in [0.3, 0.4) is 0 Å². The van der Waals surface area contributed by atoms with Crippen LogP contribution >= 0.6 is 0 Å². The van der Waals surface area contributed by atoms with Crippen molar-refractivity contribution in [2.24, 2.45) is 0 Å². The molecule has 0 radical (unpaired) electrons. The highest BCUT2D eigenvalue weighted by Gasteiger charge is 2.44.